The normalized spacial score (nSPS) is 26.7. The van der Waals surface area contributed by atoms with Crippen LogP contribution in [0.1, 0.15) is 32.1 Å². The number of aliphatic hydroxyl groups excluding tert-OH is 1. The van der Waals surface area contributed by atoms with Crippen LogP contribution in [-0.2, 0) is 4.79 Å². The Balaban J connectivity index is 1.72. The van der Waals surface area contributed by atoms with Gasteiger partial charge in [-0.3, -0.25) is 9.69 Å². The van der Waals surface area contributed by atoms with Gasteiger partial charge in [-0.05, 0) is 19.3 Å². The Hall–Kier alpha value is -0.870. The van der Waals surface area contributed by atoms with Crippen molar-refractivity contribution in [3.05, 3.63) is 12.2 Å². The summed E-state index contributed by atoms with van der Waals surface area (Å²) < 4.78 is 0. The number of nitrogens with zero attached hydrogens (tertiary/aromatic N) is 2. The third-order valence-corrected chi connectivity index (χ3v) is 3.79. The number of hydrogen-bond donors (Lipinski definition) is 1. The van der Waals surface area contributed by atoms with E-state index < -0.39 is 0 Å². The fraction of sp³-hybridized carbons (Fsp3) is 0.786. The van der Waals surface area contributed by atoms with E-state index in [-0.39, 0.29) is 12.0 Å². The molecule has 1 amide bonds. The number of rotatable bonds is 3. The zero-order valence-electron chi connectivity index (χ0n) is 11.1. The van der Waals surface area contributed by atoms with Gasteiger partial charge in [0.25, 0.3) is 0 Å². The van der Waals surface area contributed by atoms with E-state index in [9.17, 15) is 9.90 Å². The molecule has 2 aliphatic heterocycles. The number of aliphatic hydroxyl groups is 1. The Morgan fingerprint density at radius 2 is 1.89 bits per heavy atom. The SMILES string of the molecule is O=C(/C=C/CN1CCC(O)C1)N1CCCCCC1. The van der Waals surface area contributed by atoms with Crippen LogP contribution < -0.4 is 0 Å². The fourth-order valence-electron chi connectivity index (χ4n) is 2.68. The van der Waals surface area contributed by atoms with Crippen molar-refractivity contribution in [2.45, 2.75) is 38.2 Å². The van der Waals surface area contributed by atoms with Gasteiger partial charge in [-0.15, -0.1) is 0 Å². The third-order valence-electron chi connectivity index (χ3n) is 3.79. The summed E-state index contributed by atoms with van der Waals surface area (Å²) in [7, 11) is 0. The van der Waals surface area contributed by atoms with E-state index in [0.717, 1.165) is 52.0 Å². The Labute approximate surface area is 109 Å². The molecular weight excluding hydrogens is 228 g/mol. The van der Waals surface area contributed by atoms with Gasteiger partial charge >= 0.3 is 0 Å². The van der Waals surface area contributed by atoms with Crippen molar-refractivity contribution in [3.8, 4) is 0 Å². The molecule has 2 heterocycles. The molecule has 2 saturated heterocycles. The molecule has 0 aromatic heterocycles. The molecule has 1 N–H and O–H groups in total. The molecule has 4 nitrogen and oxygen atoms in total. The van der Waals surface area contributed by atoms with E-state index in [4.69, 9.17) is 0 Å². The van der Waals surface area contributed by atoms with Crippen molar-refractivity contribution >= 4 is 5.91 Å². The summed E-state index contributed by atoms with van der Waals surface area (Å²) in [5, 5.41) is 9.40. The molecule has 18 heavy (non-hydrogen) atoms. The number of hydrogen-bond acceptors (Lipinski definition) is 3. The molecule has 2 aliphatic rings. The van der Waals surface area contributed by atoms with Gasteiger partial charge in [0.15, 0.2) is 0 Å². The molecule has 102 valence electrons. The van der Waals surface area contributed by atoms with Crippen LogP contribution in [-0.4, -0.2) is 59.6 Å². The maximum absolute atomic E-state index is 12.0. The highest BCUT2D eigenvalue weighted by atomic mass is 16.3. The predicted octanol–water partition coefficient (Wildman–Crippen LogP) is 1.01. The average Bonchev–Trinajstić information content (AvgIpc) is 2.63. The molecule has 4 heteroatoms. The second-order valence-electron chi connectivity index (χ2n) is 5.34. The van der Waals surface area contributed by atoms with Gasteiger partial charge in [-0.2, -0.15) is 0 Å². The molecule has 0 aromatic carbocycles. The largest absolute Gasteiger partial charge is 0.392 e. The van der Waals surface area contributed by atoms with Crippen LogP contribution >= 0.6 is 0 Å². The van der Waals surface area contributed by atoms with Crippen molar-refractivity contribution in [3.63, 3.8) is 0 Å². The second kappa shape index (κ2) is 6.90. The summed E-state index contributed by atoms with van der Waals surface area (Å²) in [4.78, 5) is 16.1. The Bertz CT molecular complexity index is 296. The van der Waals surface area contributed by atoms with Crippen LogP contribution in [0.15, 0.2) is 12.2 Å². The predicted molar refractivity (Wildman–Crippen MR) is 71.3 cm³/mol. The van der Waals surface area contributed by atoms with Crippen LogP contribution in [0.2, 0.25) is 0 Å². The van der Waals surface area contributed by atoms with Gasteiger partial charge in [-0.25, -0.2) is 0 Å². The lowest BCUT2D eigenvalue weighted by Gasteiger charge is -2.18. The standard InChI is InChI=1S/C14H24N2O2/c17-13-7-11-15(12-13)8-5-6-14(18)16-9-3-1-2-4-10-16/h5-6,13,17H,1-4,7-12H2/b6-5+. The first-order chi connectivity index (χ1) is 8.75. The number of carbonyl (C=O) groups excluding carboxylic acids is 1. The number of carbonyl (C=O) groups is 1. The second-order valence-corrected chi connectivity index (χ2v) is 5.34. The van der Waals surface area contributed by atoms with Crippen LogP contribution in [0.4, 0.5) is 0 Å². The highest BCUT2D eigenvalue weighted by molar-refractivity contribution is 5.87. The fourth-order valence-corrected chi connectivity index (χ4v) is 2.68. The van der Waals surface area contributed by atoms with Crippen LogP contribution in [0.25, 0.3) is 0 Å². The minimum Gasteiger partial charge on any atom is -0.392 e. The highest BCUT2D eigenvalue weighted by Crippen LogP contribution is 2.10. The topological polar surface area (TPSA) is 43.8 Å². The maximum Gasteiger partial charge on any atom is 0.246 e. The number of likely N-dealkylation sites (tertiary alicyclic amines) is 2. The monoisotopic (exact) mass is 252 g/mol. The summed E-state index contributed by atoms with van der Waals surface area (Å²) in [5.74, 6) is 0.150. The van der Waals surface area contributed by atoms with Gasteiger partial charge in [0, 0.05) is 38.8 Å². The average molecular weight is 252 g/mol. The summed E-state index contributed by atoms with van der Waals surface area (Å²) >= 11 is 0. The van der Waals surface area contributed by atoms with Crippen molar-refractivity contribution < 1.29 is 9.90 Å². The first-order valence-electron chi connectivity index (χ1n) is 7.11. The van der Waals surface area contributed by atoms with Gasteiger partial charge in [-0.1, -0.05) is 18.9 Å². The van der Waals surface area contributed by atoms with Crippen molar-refractivity contribution in [1.29, 1.82) is 0 Å². The van der Waals surface area contributed by atoms with E-state index in [2.05, 4.69) is 4.90 Å². The third kappa shape index (κ3) is 4.10. The highest BCUT2D eigenvalue weighted by Gasteiger charge is 2.18. The van der Waals surface area contributed by atoms with Crippen molar-refractivity contribution in [2.75, 3.05) is 32.7 Å². The van der Waals surface area contributed by atoms with Crippen molar-refractivity contribution in [2.24, 2.45) is 0 Å². The summed E-state index contributed by atoms with van der Waals surface area (Å²) in [6.45, 7) is 4.26. The molecule has 0 aromatic rings. The van der Waals surface area contributed by atoms with Gasteiger partial charge in [0.05, 0.1) is 6.10 Å². The Morgan fingerprint density at radius 1 is 1.17 bits per heavy atom. The molecule has 0 saturated carbocycles. The molecule has 0 radical (unpaired) electrons. The first kappa shape index (κ1) is 13.6. The quantitative estimate of drug-likeness (QED) is 0.762. The van der Waals surface area contributed by atoms with E-state index in [1.165, 1.54) is 12.8 Å². The zero-order chi connectivity index (χ0) is 12.8. The van der Waals surface area contributed by atoms with E-state index in [0.29, 0.717) is 0 Å². The lowest BCUT2D eigenvalue weighted by molar-refractivity contribution is -0.126. The van der Waals surface area contributed by atoms with Crippen molar-refractivity contribution in [1.82, 2.24) is 9.80 Å². The van der Waals surface area contributed by atoms with Crippen LogP contribution in [0.5, 0.6) is 0 Å². The van der Waals surface area contributed by atoms with Crippen LogP contribution in [0.3, 0.4) is 0 Å². The molecule has 0 aliphatic carbocycles. The lowest BCUT2D eigenvalue weighted by Crippen LogP contribution is -2.30. The number of amides is 1. The zero-order valence-corrected chi connectivity index (χ0v) is 11.1. The molecule has 1 atom stereocenters. The van der Waals surface area contributed by atoms with E-state index in [1.54, 1.807) is 6.08 Å². The summed E-state index contributed by atoms with van der Waals surface area (Å²) in [6, 6.07) is 0. The van der Waals surface area contributed by atoms with Gasteiger partial charge in [0.2, 0.25) is 5.91 Å². The molecule has 2 rings (SSSR count). The summed E-state index contributed by atoms with van der Waals surface area (Å²) in [6.07, 6.45) is 9.09. The molecule has 0 bridgehead atoms. The van der Waals surface area contributed by atoms with Crippen LogP contribution in [0, 0.1) is 0 Å². The Morgan fingerprint density at radius 3 is 2.50 bits per heavy atom. The van der Waals surface area contributed by atoms with E-state index in [1.807, 2.05) is 11.0 Å². The van der Waals surface area contributed by atoms with Gasteiger partial charge < -0.3 is 10.0 Å². The molecule has 0 spiro atoms. The minimum atomic E-state index is -0.181. The van der Waals surface area contributed by atoms with E-state index >= 15 is 0 Å². The number of β-amino-alcohol motifs (C(OH)–C–C–N with tert-alkyl or cyclic N) is 1. The minimum absolute atomic E-state index is 0.150. The molecular formula is C14H24N2O2. The lowest BCUT2D eigenvalue weighted by atomic mass is 10.2. The Kier molecular flexibility index (Phi) is 5.20. The molecule has 1 unspecified atom stereocenters. The first-order valence-corrected chi connectivity index (χ1v) is 7.11. The summed E-state index contributed by atoms with van der Waals surface area (Å²) in [5.41, 5.74) is 0. The smallest absolute Gasteiger partial charge is 0.246 e. The maximum atomic E-state index is 12.0. The van der Waals surface area contributed by atoms with Gasteiger partial charge in [0.1, 0.15) is 0 Å². The molecule has 2 fully saturated rings.